The monoisotopic (exact) mass is 628 g/mol. The number of sulfone groups is 1. The van der Waals surface area contributed by atoms with Crippen molar-refractivity contribution in [3.8, 4) is 0 Å². The fourth-order valence-electron chi connectivity index (χ4n) is 5.76. The molecule has 1 saturated heterocycles. The molecule has 2 aliphatic heterocycles. The maximum Gasteiger partial charge on any atom is 0.259 e. The highest BCUT2D eigenvalue weighted by Gasteiger charge is 2.36. The van der Waals surface area contributed by atoms with Crippen molar-refractivity contribution in [2.75, 3.05) is 44.2 Å². The maximum atomic E-state index is 13.8. The summed E-state index contributed by atoms with van der Waals surface area (Å²) in [6, 6.07) is 28.1. The molecule has 0 aromatic heterocycles. The van der Waals surface area contributed by atoms with E-state index in [1.54, 1.807) is 30.3 Å². The van der Waals surface area contributed by atoms with Crippen LogP contribution in [0.4, 0.5) is 5.69 Å². The number of carbonyl (C=O) groups is 2. The molecule has 44 heavy (non-hydrogen) atoms. The van der Waals surface area contributed by atoms with Gasteiger partial charge in [0.15, 0.2) is 0 Å². The van der Waals surface area contributed by atoms with E-state index in [0.29, 0.717) is 18.1 Å². The molecular formula is C34H33ClN4O4S. The Balaban J connectivity index is 1.17. The molecule has 0 atom stereocenters. The second-order valence-electron chi connectivity index (χ2n) is 11.1. The van der Waals surface area contributed by atoms with Gasteiger partial charge in [-0.2, -0.15) is 0 Å². The Bertz CT molecular complexity index is 1790. The summed E-state index contributed by atoms with van der Waals surface area (Å²) >= 11 is 6.21. The number of rotatable bonds is 8. The van der Waals surface area contributed by atoms with E-state index in [4.69, 9.17) is 11.6 Å². The minimum Gasteiger partial charge on any atom is -0.351 e. The molecule has 1 fully saturated rings. The lowest BCUT2D eigenvalue weighted by Gasteiger charge is -2.34. The Morgan fingerprint density at radius 1 is 0.750 bits per heavy atom. The van der Waals surface area contributed by atoms with Gasteiger partial charge in [0, 0.05) is 56.4 Å². The van der Waals surface area contributed by atoms with Crippen molar-refractivity contribution in [2.24, 2.45) is 0 Å². The van der Waals surface area contributed by atoms with E-state index < -0.39 is 15.7 Å². The predicted molar refractivity (Wildman–Crippen MR) is 171 cm³/mol. The zero-order valence-corrected chi connectivity index (χ0v) is 25.7. The molecule has 226 valence electrons. The number of hydrogen-bond donors (Lipinski definition) is 1. The summed E-state index contributed by atoms with van der Waals surface area (Å²) in [4.78, 5) is 33.2. The number of hydrogen-bond acceptors (Lipinski definition) is 6. The first-order valence-corrected chi connectivity index (χ1v) is 16.5. The quantitative estimate of drug-likeness (QED) is 0.299. The third-order valence-corrected chi connectivity index (χ3v) is 10.2. The van der Waals surface area contributed by atoms with Crippen molar-refractivity contribution in [1.29, 1.82) is 0 Å². The highest BCUT2D eigenvalue weighted by atomic mass is 35.5. The van der Waals surface area contributed by atoms with E-state index in [1.807, 2.05) is 12.1 Å². The number of anilines is 1. The van der Waals surface area contributed by atoms with Crippen LogP contribution in [0.3, 0.4) is 0 Å². The lowest BCUT2D eigenvalue weighted by Crippen LogP contribution is -2.48. The van der Waals surface area contributed by atoms with Gasteiger partial charge < -0.3 is 10.2 Å². The third kappa shape index (κ3) is 6.42. The topological polar surface area (TPSA) is 90.0 Å². The number of nitrogens with zero attached hydrogens (tertiary/aromatic N) is 3. The van der Waals surface area contributed by atoms with E-state index in [2.05, 4.69) is 39.4 Å². The number of amides is 2. The molecular weight excluding hydrogens is 596 g/mol. The first-order valence-electron chi connectivity index (χ1n) is 14.6. The van der Waals surface area contributed by atoms with Crippen LogP contribution >= 0.6 is 11.6 Å². The van der Waals surface area contributed by atoms with E-state index in [-0.39, 0.29) is 39.1 Å². The minimum atomic E-state index is -4.03. The van der Waals surface area contributed by atoms with Gasteiger partial charge >= 0.3 is 0 Å². The molecule has 4 aromatic carbocycles. The summed E-state index contributed by atoms with van der Waals surface area (Å²) in [5.41, 5.74) is 2.56. The normalized spacial score (nSPS) is 16.6. The average molecular weight is 629 g/mol. The Hall–Kier alpha value is -4.02. The van der Waals surface area contributed by atoms with Crippen LogP contribution in [0.2, 0.25) is 5.02 Å². The SMILES string of the molecule is O=C(NCCN1CCN(Cc2ccccc2)CC1)c1ccc2c(c1)N(Cc1cccc(Cl)c1)C(=O)c1ccccc1S2(=O)=O. The minimum absolute atomic E-state index is 0.0252. The van der Waals surface area contributed by atoms with Gasteiger partial charge in [-0.3, -0.25) is 19.4 Å². The lowest BCUT2D eigenvalue weighted by molar-refractivity contribution is 0.0931. The summed E-state index contributed by atoms with van der Waals surface area (Å²) < 4.78 is 27.5. The van der Waals surface area contributed by atoms with Crippen LogP contribution < -0.4 is 10.2 Å². The molecule has 0 bridgehead atoms. The summed E-state index contributed by atoms with van der Waals surface area (Å²) in [5, 5.41) is 3.48. The second-order valence-corrected chi connectivity index (χ2v) is 13.4. The van der Waals surface area contributed by atoms with Gasteiger partial charge in [-0.05, 0) is 53.6 Å². The van der Waals surface area contributed by atoms with Crippen molar-refractivity contribution >= 4 is 38.9 Å². The van der Waals surface area contributed by atoms with Crippen LogP contribution in [0, 0.1) is 0 Å². The van der Waals surface area contributed by atoms with Crippen molar-refractivity contribution < 1.29 is 18.0 Å². The number of carbonyl (C=O) groups excluding carboxylic acids is 2. The van der Waals surface area contributed by atoms with Gasteiger partial charge in [0.1, 0.15) is 0 Å². The Morgan fingerprint density at radius 3 is 2.23 bits per heavy atom. The first kappa shape index (κ1) is 30.0. The fourth-order valence-corrected chi connectivity index (χ4v) is 7.61. The standard InChI is InChI=1S/C34H33ClN4O4S/c35-28-10-6-9-26(21-28)24-39-30-22-27(13-14-32(30)44(42,43)31-12-5-4-11-29(31)34(39)41)33(40)36-15-16-37-17-19-38(20-18-37)23-25-7-2-1-3-8-25/h1-14,21-22H,15-20,23-24H2,(H,36,40). The van der Waals surface area contributed by atoms with Crippen molar-refractivity contribution in [2.45, 2.75) is 22.9 Å². The highest BCUT2D eigenvalue weighted by molar-refractivity contribution is 7.91. The molecule has 10 heteroatoms. The molecule has 0 radical (unpaired) electrons. The summed E-state index contributed by atoms with van der Waals surface area (Å²) in [5.74, 6) is -0.795. The molecule has 2 aliphatic rings. The van der Waals surface area contributed by atoms with Crippen LogP contribution in [0.25, 0.3) is 0 Å². The van der Waals surface area contributed by atoms with Crippen LogP contribution in [-0.2, 0) is 22.9 Å². The fraction of sp³-hybridized carbons (Fsp3) is 0.235. The molecule has 0 saturated carbocycles. The molecule has 0 spiro atoms. The van der Waals surface area contributed by atoms with E-state index >= 15 is 0 Å². The van der Waals surface area contributed by atoms with Crippen LogP contribution in [0.15, 0.2) is 107 Å². The van der Waals surface area contributed by atoms with Gasteiger partial charge in [-0.15, -0.1) is 0 Å². The van der Waals surface area contributed by atoms with Crippen molar-refractivity contribution in [1.82, 2.24) is 15.1 Å². The average Bonchev–Trinajstić information content (AvgIpc) is 3.10. The molecule has 4 aromatic rings. The van der Waals surface area contributed by atoms with E-state index in [0.717, 1.165) is 38.3 Å². The zero-order chi connectivity index (χ0) is 30.7. The van der Waals surface area contributed by atoms with Crippen LogP contribution in [0.5, 0.6) is 0 Å². The molecule has 2 heterocycles. The largest absolute Gasteiger partial charge is 0.351 e. The molecule has 2 amide bonds. The lowest BCUT2D eigenvalue weighted by atomic mass is 10.1. The number of fused-ring (bicyclic) bond motifs is 2. The van der Waals surface area contributed by atoms with E-state index in [9.17, 15) is 18.0 Å². The third-order valence-electron chi connectivity index (χ3n) is 8.11. The number of piperazine rings is 1. The Morgan fingerprint density at radius 2 is 1.45 bits per heavy atom. The van der Waals surface area contributed by atoms with Crippen LogP contribution in [0.1, 0.15) is 31.8 Å². The first-order chi connectivity index (χ1) is 21.3. The highest BCUT2D eigenvalue weighted by Crippen LogP contribution is 2.38. The van der Waals surface area contributed by atoms with Gasteiger partial charge in [-0.1, -0.05) is 66.2 Å². The Labute approximate surface area is 262 Å². The van der Waals surface area contributed by atoms with Gasteiger partial charge in [-0.25, -0.2) is 8.42 Å². The van der Waals surface area contributed by atoms with Crippen molar-refractivity contribution in [3.05, 3.63) is 124 Å². The molecule has 6 rings (SSSR count). The summed E-state index contributed by atoms with van der Waals surface area (Å²) in [6.45, 7) is 5.92. The number of nitrogens with one attached hydrogen (secondary N) is 1. The molecule has 0 unspecified atom stereocenters. The molecule has 1 N–H and O–H groups in total. The summed E-state index contributed by atoms with van der Waals surface area (Å²) in [6.07, 6.45) is 0. The molecule has 8 nitrogen and oxygen atoms in total. The van der Waals surface area contributed by atoms with Crippen molar-refractivity contribution in [3.63, 3.8) is 0 Å². The van der Waals surface area contributed by atoms with E-state index in [1.165, 1.54) is 40.8 Å². The number of benzene rings is 4. The second kappa shape index (κ2) is 12.9. The number of halogens is 1. The maximum absolute atomic E-state index is 13.8. The predicted octanol–water partition coefficient (Wildman–Crippen LogP) is 4.88. The Kier molecular flexibility index (Phi) is 8.81. The smallest absolute Gasteiger partial charge is 0.259 e. The van der Waals surface area contributed by atoms with Gasteiger partial charge in [0.05, 0.1) is 27.6 Å². The molecule has 0 aliphatic carbocycles. The van der Waals surface area contributed by atoms with Gasteiger partial charge in [0.25, 0.3) is 11.8 Å². The van der Waals surface area contributed by atoms with Gasteiger partial charge in [0.2, 0.25) is 9.84 Å². The summed E-state index contributed by atoms with van der Waals surface area (Å²) in [7, 11) is -4.03. The van der Waals surface area contributed by atoms with Crippen LogP contribution in [-0.4, -0.2) is 69.3 Å². The zero-order valence-electron chi connectivity index (χ0n) is 24.2.